The maximum Gasteiger partial charge on any atom is 0.328 e. The first-order chi connectivity index (χ1) is 11.2. The molecule has 1 aromatic rings. The molecule has 6 heteroatoms. The third kappa shape index (κ3) is 6.10. The summed E-state index contributed by atoms with van der Waals surface area (Å²) < 4.78 is 4.73. The van der Waals surface area contributed by atoms with Crippen molar-refractivity contribution in [2.75, 3.05) is 7.11 Å². The summed E-state index contributed by atoms with van der Waals surface area (Å²) >= 11 is 0. The van der Waals surface area contributed by atoms with E-state index in [9.17, 15) is 19.8 Å². The summed E-state index contributed by atoms with van der Waals surface area (Å²) in [5.74, 6) is -0.469. The number of rotatable bonds is 8. The molecule has 1 amide bonds. The summed E-state index contributed by atoms with van der Waals surface area (Å²) in [7, 11) is 1.30. The Kier molecular flexibility index (Phi) is 7.55. The second-order valence-electron chi connectivity index (χ2n) is 6.46. The zero-order chi connectivity index (χ0) is 18.3. The summed E-state index contributed by atoms with van der Waals surface area (Å²) in [6.45, 7) is 5.83. The van der Waals surface area contributed by atoms with Crippen LogP contribution in [-0.2, 0) is 14.3 Å². The number of methoxy groups -OCH3 is 1. The van der Waals surface area contributed by atoms with Crippen molar-refractivity contribution < 1.29 is 24.5 Å². The van der Waals surface area contributed by atoms with Gasteiger partial charge in [-0.3, -0.25) is 4.79 Å². The van der Waals surface area contributed by atoms with Gasteiger partial charge in [-0.2, -0.15) is 0 Å². The van der Waals surface area contributed by atoms with Crippen molar-refractivity contribution in [3.8, 4) is 11.5 Å². The molecule has 1 rings (SSSR count). The molecule has 24 heavy (non-hydrogen) atoms. The van der Waals surface area contributed by atoms with Crippen LogP contribution in [0, 0.1) is 5.92 Å². The number of carbonyl (C=O) groups excluding carboxylic acids is 2. The second-order valence-corrected chi connectivity index (χ2v) is 6.46. The van der Waals surface area contributed by atoms with E-state index in [2.05, 4.69) is 5.32 Å². The number of hydrogen-bond donors (Lipinski definition) is 3. The Balaban J connectivity index is 2.59. The molecule has 2 atom stereocenters. The van der Waals surface area contributed by atoms with E-state index in [4.69, 9.17) is 4.74 Å². The zero-order valence-electron chi connectivity index (χ0n) is 14.7. The van der Waals surface area contributed by atoms with Gasteiger partial charge < -0.3 is 20.3 Å². The predicted octanol–water partition coefficient (Wildman–Crippen LogP) is 2.69. The van der Waals surface area contributed by atoms with Gasteiger partial charge in [-0.05, 0) is 36.3 Å². The second kappa shape index (κ2) is 9.15. The van der Waals surface area contributed by atoms with Gasteiger partial charge in [0.05, 0.1) is 7.11 Å². The minimum absolute atomic E-state index is 0.00389. The van der Waals surface area contributed by atoms with Gasteiger partial charge in [-0.15, -0.1) is 0 Å². The van der Waals surface area contributed by atoms with Gasteiger partial charge >= 0.3 is 5.97 Å². The highest BCUT2D eigenvalue weighted by atomic mass is 16.5. The Morgan fingerprint density at radius 1 is 1.21 bits per heavy atom. The normalized spacial score (nSPS) is 13.4. The molecular formula is C18H27NO5. The number of esters is 1. The average Bonchev–Trinajstić information content (AvgIpc) is 2.50. The Hall–Kier alpha value is -2.24. The van der Waals surface area contributed by atoms with Crippen molar-refractivity contribution in [3.63, 3.8) is 0 Å². The lowest BCUT2D eigenvalue weighted by atomic mass is 9.95. The van der Waals surface area contributed by atoms with E-state index < -0.39 is 12.0 Å². The third-order valence-corrected chi connectivity index (χ3v) is 3.88. The van der Waals surface area contributed by atoms with Crippen LogP contribution in [0.4, 0.5) is 0 Å². The molecule has 0 aliphatic rings. The van der Waals surface area contributed by atoms with Crippen molar-refractivity contribution in [2.45, 2.75) is 52.0 Å². The van der Waals surface area contributed by atoms with Crippen molar-refractivity contribution in [3.05, 3.63) is 23.8 Å². The maximum atomic E-state index is 12.1. The first-order valence-corrected chi connectivity index (χ1v) is 8.13. The summed E-state index contributed by atoms with van der Waals surface area (Å²) in [6.07, 6.45) is 1.26. The van der Waals surface area contributed by atoms with Crippen LogP contribution in [-0.4, -0.2) is 35.2 Å². The average molecular weight is 337 g/mol. The highest BCUT2D eigenvalue weighted by Crippen LogP contribution is 2.31. The predicted molar refractivity (Wildman–Crippen MR) is 90.8 cm³/mol. The number of phenols is 2. The number of aromatic hydroxyl groups is 2. The monoisotopic (exact) mass is 337 g/mol. The SMILES string of the molecule is COC(=O)C(CC(C)C)NC(=O)CCC(C)c1ccc(O)cc1O. The van der Waals surface area contributed by atoms with Crippen LogP contribution in [0.2, 0.25) is 0 Å². The molecule has 2 unspecified atom stereocenters. The van der Waals surface area contributed by atoms with Crippen LogP contribution in [0.5, 0.6) is 11.5 Å². The molecule has 3 N–H and O–H groups in total. The minimum Gasteiger partial charge on any atom is -0.508 e. The first kappa shape index (κ1) is 19.8. The fourth-order valence-electron chi connectivity index (χ4n) is 2.55. The lowest BCUT2D eigenvalue weighted by molar-refractivity contribution is -0.145. The standard InChI is InChI=1S/C18H27NO5/c1-11(2)9-15(18(23)24-4)19-17(22)8-5-12(3)14-7-6-13(20)10-16(14)21/h6-7,10-12,15,20-21H,5,8-9H2,1-4H3,(H,19,22). The Bertz CT molecular complexity index is 571. The van der Waals surface area contributed by atoms with Crippen molar-refractivity contribution in [1.82, 2.24) is 5.32 Å². The zero-order valence-corrected chi connectivity index (χ0v) is 14.7. The van der Waals surface area contributed by atoms with Crippen LogP contribution in [0.1, 0.15) is 51.5 Å². The highest BCUT2D eigenvalue weighted by Gasteiger charge is 2.23. The van der Waals surface area contributed by atoms with Crippen LogP contribution >= 0.6 is 0 Å². The number of benzene rings is 1. The van der Waals surface area contributed by atoms with Gasteiger partial charge in [0.25, 0.3) is 0 Å². The van der Waals surface area contributed by atoms with E-state index in [1.165, 1.54) is 19.2 Å². The Morgan fingerprint density at radius 2 is 1.88 bits per heavy atom. The quantitative estimate of drug-likeness (QED) is 0.634. The molecule has 1 aromatic carbocycles. The van der Waals surface area contributed by atoms with E-state index in [-0.39, 0.29) is 35.7 Å². The first-order valence-electron chi connectivity index (χ1n) is 8.13. The minimum atomic E-state index is -0.639. The molecule has 6 nitrogen and oxygen atoms in total. The molecule has 134 valence electrons. The molecule has 0 fully saturated rings. The van der Waals surface area contributed by atoms with Gasteiger partial charge in [0.1, 0.15) is 17.5 Å². The smallest absolute Gasteiger partial charge is 0.328 e. The van der Waals surface area contributed by atoms with E-state index in [0.29, 0.717) is 18.4 Å². The molecule has 0 aromatic heterocycles. The Labute approximate surface area is 142 Å². The van der Waals surface area contributed by atoms with Crippen molar-refractivity contribution in [1.29, 1.82) is 0 Å². The summed E-state index contributed by atoms with van der Waals surface area (Å²) in [6, 6.07) is 3.78. The molecule has 0 radical (unpaired) electrons. The third-order valence-electron chi connectivity index (χ3n) is 3.88. The highest BCUT2D eigenvalue weighted by molar-refractivity contribution is 5.84. The van der Waals surface area contributed by atoms with Crippen LogP contribution in [0.15, 0.2) is 18.2 Å². The largest absolute Gasteiger partial charge is 0.508 e. The van der Waals surface area contributed by atoms with Crippen molar-refractivity contribution >= 4 is 11.9 Å². The molecule has 0 aliphatic carbocycles. The number of carbonyl (C=O) groups is 2. The number of ether oxygens (including phenoxy) is 1. The number of nitrogens with one attached hydrogen (secondary N) is 1. The molecule has 0 saturated carbocycles. The van der Waals surface area contributed by atoms with Crippen LogP contribution in [0.25, 0.3) is 0 Å². The fourth-order valence-corrected chi connectivity index (χ4v) is 2.55. The van der Waals surface area contributed by atoms with Crippen LogP contribution in [0.3, 0.4) is 0 Å². The van der Waals surface area contributed by atoms with Crippen molar-refractivity contribution in [2.24, 2.45) is 5.92 Å². The van der Waals surface area contributed by atoms with E-state index in [0.717, 1.165) is 0 Å². The number of phenolic OH excluding ortho intramolecular Hbond substituents is 2. The fraction of sp³-hybridized carbons (Fsp3) is 0.556. The number of amides is 1. The molecule has 0 saturated heterocycles. The summed E-state index contributed by atoms with van der Waals surface area (Å²) in [5, 5.41) is 21.9. The number of hydrogen-bond acceptors (Lipinski definition) is 5. The maximum absolute atomic E-state index is 12.1. The molecular weight excluding hydrogens is 310 g/mol. The summed E-state index contributed by atoms with van der Waals surface area (Å²) in [4.78, 5) is 23.8. The molecule has 0 bridgehead atoms. The summed E-state index contributed by atoms with van der Waals surface area (Å²) in [5.41, 5.74) is 0.673. The lowest BCUT2D eigenvalue weighted by Crippen LogP contribution is -2.42. The van der Waals surface area contributed by atoms with Gasteiger partial charge in [0.2, 0.25) is 5.91 Å². The topological polar surface area (TPSA) is 95.9 Å². The van der Waals surface area contributed by atoms with Gasteiger partial charge in [0.15, 0.2) is 0 Å². The molecule has 0 heterocycles. The van der Waals surface area contributed by atoms with Gasteiger partial charge in [-0.25, -0.2) is 4.79 Å². The van der Waals surface area contributed by atoms with E-state index in [1.54, 1.807) is 6.07 Å². The van der Waals surface area contributed by atoms with E-state index >= 15 is 0 Å². The van der Waals surface area contributed by atoms with Gasteiger partial charge in [0, 0.05) is 12.5 Å². The Morgan fingerprint density at radius 3 is 2.42 bits per heavy atom. The van der Waals surface area contributed by atoms with Crippen LogP contribution < -0.4 is 5.32 Å². The lowest BCUT2D eigenvalue weighted by Gasteiger charge is -2.19. The van der Waals surface area contributed by atoms with Gasteiger partial charge in [-0.1, -0.05) is 26.8 Å². The van der Waals surface area contributed by atoms with E-state index in [1.807, 2.05) is 20.8 Å². The molecule has 0 aliphatic heterocycles. The molecule has 0 spiro atoms.